The van der Waals surface area contributed by atoms with Gasteiger partial charge in [0.05, 0.1) is 6.10 Å². The average Bonchev–Trinajstić information content (AvgIpc) is 2.85. The predicted molar refractivity (Wildman–Crippen MR) is 161 cm³/mol. The Balaban J connectivity index is 1.79. The molecular weight excluding hydrogens is 512 g/mol. The van der Waals surface area contributed by atoms with E-state index < -0.39 is 24.8 Å². The van der Waals surface area contributed by atoms with Crippen molar-refractivity contribution in [3.63, 3.8) is 0 Å². The summed E-state index contributed by atoms with van der Waals surface area (Å²) in [6.07, 6.45) is 9.38. The number of rotatable bonds is 18. The van der Waals surface area contributed by atoms with Gasteiger partial charge in [0.2, 0.25) is 0 Å². The first kappa shape index (κ1) is 32.7. The SMILES string of the molecule is CC(C)CCC(CCCCCCCCCO[Si](c1ccccc1)(c1ccccc1)C(C)(C)C)OS(=O)(=O)O. The lowest BCUT2D eigenvalue weighted by atomic mass is 10.0. The van der Waals surface area contributed by atoms with Crippen LogP contribution in [-0.2, 0) is 19.0 Å². The zero-order valence-electron chi connectivity index (χ0n) is 24.2. The van der Waals surface area contributed by atoms with E-state index in [4.69, 9.17) is 13.2 Å². The first-order valence-electron chi connectivity index (χ1n) is 14.4. The van der Waals surface area contributed by atoms with Crippen LogP contribution in [-0.4, -0.2) is 34.0 Å². The zero-order chi connectivity index (χ0) is 28.1. The molecule has 0 bridgehead atoms. The van der Waals surface area contributed by atoms with E-state index in [1.165, 1.54) is 16.8 Å². The Hall–Kier alpha value is -1.51. The van der Waals surface area contributed by atoms with Crippen LogP contribution < -0.4 is 10.4 Å². The Morgan fingerprint density at radius 2 is 1.21 bits per heavy atom. The van der Waals surface area contributed by atoms with Crippen LogP contribution in [0.3, 0.4) is 0 Å². The van der Waals surface area contributed by atoms with Gasteiger partial charge in [0.15, 0.2) is 0 Å². The van der Waals surface area contributed by atoms with Crippen LogP contribution in [0, 0.1) is 5.92 Å². The summed E-state index contributed by atoms with van der Waals surface area (Å²) in [5.41, 5.74) is 0. The van der Waals surface area contributed by atoms with Crippen LogP contribution in [0.15, 0.2) is 60.7 Å². The summed E-state index contributed by atoms with van der Waals surface area (Å²) in [5, 5.41) is 2.65. The van der Waals surface area contributed by atoms with Crippen LogP contribution in [0.1, 0.15) is 98.8 Å². The van der Waals surface area contributed by atoms with Gasteiger partial charge in [-0.2, -0.15) is 8.42 Å². The molecule has 2 aromatic rings. The number of benzene rings is 2. The minimum Gasteiger partial charge on any atom is -0.407 e. The van der Waals surface area contributed by atoms with Gasteiger partial charge in [0, 0.05) is 6.61 Å². The van der Waals surface area contributed by atoms with Crippen molar-refractivity contribution < 1.29 is 21.6 Å². The number of hydrogen-bond donors (Lipinski definition) is 1. The molecule has 0 aliphatic carbocycles. The lowest BCUT2D eigenvalue weighted by molar-refractivity contribution is 0.154. The smallest absolute Gasteiger partial charge is 0.397 e. The quantitative estimate of drug-likeness (QED) is 0.117. The summed E-state index contributed by atoms with van der Waals surface area (Å²) in [5.74, 6) is 0.475. The highest BCUT2D eigenvalue weighted by Crippen LogP contribution is 2.36. The molecule has 0 saturated carbocycles. The molecule has 1 atom stereocenters. The molecule has 38 heavy (non-hydrogen) atoms. The van der Waals surface area contributed by atoms with E-state index in [1.54, 1.807) is 0 Å². The Morgan fingerprint density at radius 3 is 1.66 bits per heavy atom. The lowest BCUT2D eigenvalue weighted by Crippen LogP contribution is -2.66. The molecule has 2 rings (SSSR count). The van der Waals surface area contributed by atoms with Crippen molar-refractivity contribution in [1.29, 1.82) is 0 Å². The van der Waals surface area contributed by atoms with Gasteiger partial charge in [0.1, 0.15) is 0 Å². The maximum Gasteiger partial charge on any atom is 0.397 e. The molecule has 0 heterocycles. The second-order valence-corrected chi connectivity index (χ2v) is 17.2. The molecule has 7 heteroatoms. The fourth-order valence-corrected chi connectivity index (χ4v) is 10.4. The monoisotopic (exact) mass is 562 g/mol. The molecule has 2 aromatic carbocycles. The molecule has 0 aromatic heterocycles. The van der Waals surface area contributed by atoms with Gasteiger partial charge in [-0.3, -0.25) is 4.55 Å². The Morgan fingerprint density at radius 1 is 0.737 bits per heavy atom. The highest BCUT2D eigenvalue weighted by molar-refractivity contribution is 7.80. The van der Waals surface area contributed by atoms with Crippen molar-refractivity contribution in [3.8, 4) is 0 Å². The van der Waals surface area contributed by atoms with Crippen molar-refractivity contribution in [3.05, 3.63) is 60.7 Å². The van der Waals surface area contributed by atoms with Crippen LogP contribution in [0.4, 0.5) is 0 Å². The van der Waals surface area contributed by atoms with Crippen molar-refractivity contribution in [1.82, 2.24) is 0 Å². The molecule has 214 valence electrons. The minimum absolute atomic E-state index is 0.00179. The van der Waals surface area contributed by atoms with E-state index in [0.29, 0.717) is 18.8 Å². The molecule has 0 saturated heterocycles. The summed E-state index contributed by atoms with van der Waals surface area (Å²) in [6, 6.07) is 21.6. The third-order valence-electron chi connectivity index (χ3n) is 7.23. The molecule has 1 N–H and O–H groups in total. The van der Waals surface area contributed by atoms with Crippen molar-refractivity contribution in [2.24, 2.45) is 5.92 Å². The van der Waals surface area contributed by atoms with E-state index in [0.717, 1.165) is 51.6 Å². The van der Waals surface area contributed by atoms with Crippen molar-refractivity contribution >= 4 is 29.1 Å². The topological polar surface area (TPSA) is 72.8 Å². The molecule has 0 fully saturated rings. The summed E-state index contributed by atoms with van der Waals surface area (Å²) in [6.45, 7) is 11.9. The van der Waals surface area contributed by atoms with E-state index in [1.807, 2.05) is 0 Å². The van der Waals surface area contributed by atoms with Crippen LogP contribution in [0.2, 0.25) is 5.04 Å². The summed E-state index contributed by atoms with van der Waals surface area (Å²) < 4.78 is 43.2. The van der Waals surface area contributed by atoms with Crippen molar-refractivity contribution in [2.45, 2.75) is 110 Å². The van der Waals surface area contributed by atoms with Gasteiger partial charge < -0.3 is 4.43 Å². The van der Waals surface area contributed by atoms with Gasteiger partial charge in [-0.15, -0.1) is 0 Å². The summed E-state index contributed by atoms with van der Waals surface area (Å²) >= 11 is 0. The van der Waals surface area contributed by atoms with E-state index in [-0.39, 0.29) is 5.04 Å². The molecule has 0 aliphatic heterocycles. The third kappa shape index (κ3) is 10.9. The van der Waals surface area contributed by atoms with Gasteiger partial charge in [-0.05, 0) is 47.0 Å². The van der Waals surface area contributed by atoms with Crippen LogP contribution in [0.25, 0.3) is 0 Å². The summed E-state index contributed by atoms with van der Waals surface area (Å²) in [4.78, 5) is 0. The lowest BCUT2D eigenvalue weighted by Gasteiger charge is -2.43. The molecule has 0 amide bonds. The largest absolute Gasteiger partial charge is 0.407 e. The molecular formula is C31H50O5SSi. The molecule has 0 aliphatic rings. The van der Waals surface area contributed by atoms with Gasteiger partial charge >= 0.3 is 10.4 Å². The maximum atomic E-state index is 11.2. The minimum atomic E-state index is -4.40. The Kier molecular flexibility index (Phi) is 13.7. The second kappa shape index (κ2) is 15.9. The van der Waals surface area contributed by atoms with E-state index in [9.17, 15) is 8.42 Å². The highest BCUT2D eigenvalue weighted by Gasteiger charge is 2.49. The van der Waals surface area contributed by atoms with Gasteiger partial charge in [-0.1, -0.05) is 134 Å². The normalized spacial score (nSPS) is 13.7. The molecule has 5 nitrogen and oxygen atoms in total. The molecule has 0 radical (unpaired) electrons. The Labute approximate surface area is 233 Å². The average molecular weight is 563 g/mol. The van der Waals surface area contributed by atoms with Crippen LogP contribution in [0.5, 0.6) is 0 Å². The van der Waals surface area contributed by atoms with Crippen molar-refractivity contribution in [2.75, 3.05) is 6.61 Å². The highest BCUT2D eigenvalue weighted by atomic mass is 32.3. The fourth-order valence-electron chi connectivity index (χ4n) is 5.28. The maximum absolute atomic E-state index is 11.2. The second-order valence-electron chi connectivity index (χ2n) is 11.9. The standard InChI is InChI=1S/C31H50O5SSi/c1-27(2)24-25-28(36-37(32,33)34)19-13-9-7-6-8-10-18-26-35-38(31(3,4)5,29-20-14-11-15-21-29)30-22-16-12-17-23-30/h11-12,14-17,20-23,27-28H,6-10,13,18-19,24-26H2,1-5H3,(H,32,33,34). The predicted octanol–water partition coefficient (Wildman–Crippen LogP) is 7.31. The molecule has 1 unspecified atom stereocenters. The van der Waals surface area contributed by atoms with Gasteiger partial charge in [-0.25, -0.2) is 4.18 Å². The van der Waals surface area contributed by atoms with E-state index in [2.05, 4.69) is 95.3 Å². The summed E-state index contributed by atoms with van der Waals surface area (Å²) in [7, 11) is -6.85. The third-order valence-corrected chi connectivity index (χ3v) is 12.8. The molecule has 0 spiro atoms. The fraction of sp³-hybridized carbons (Fsp3) is 0.613. The number of unbranched alkanes of at least 4 members (excludes halogenated alkanes) is 6. The number of hydrogen-bond acceptors (Lipinski definition) is 4. The first-order chi connectivity index (χ1) is 18.0. The zero-order valence-corrected chi connectivity index (χ0v) is 26.0. The van der Waals surface area contributed by atoms with E-state index >= 15 is 0 Å². The Bertz CT molecular complexity index is 964. The first-order valence-corrected chi connectivity index (χ1v) is 17.6. The van der Waals surface area contributed by atoms with Crippen LogP contribution >= 0.6 is 0 Å². The van der Waals surface area contributed by atoms with Gasteiger partial charge in [0.25, 0.3) is 8.32 Å².